The van der Waals surface area contributed by atoms with Crippen LogP contribution in [0.3, 0.4) is 0 Å². The van der Waals surface area contributed by atoms with Crippen molar-refractivity contribution in [3.05, 3.63) is 65.6 Å². The van der Waals surface area contributed by atoms with E-state index >= 15 is 0 Å². The van der Waals surface area contributed by atoms with Crippen molar-refractivity contribution < 1.29 is 4.39 Å². The van der Waals surface area contributed by atoms with E-state index in [-0.39, 0.29) is 5.82 Å². The fourth-order valence-electron chi connectivity index (χ4n) is 2.35. The molecule has 0 aliphatic rings. The maximum Gasteiger partial charge on any atom is 0.129 e. The topological polar surface area (TPSA) is 54.7 Å². The van der Waals surface area contributed by atoms with E-state index in [9.17, 15) is 4.39 Å². The number of fused-ring (bicyclic) bond motifs is 1. The molecule has 1 aromatic heterocycles. The second-order valence-corrected chi connectivity index (χ2v) is 4.65. The zero-order chi connectivity index (χ0) is 14.1. The van der Waals surface area contributed by atoms with Crippen LogP contribution in [-0.4, -0.2) is 4.57 Å². The van der Waals surface area contributed by atoms with Gasteiger partial charge in [-0.15, -0.1) is 0 Å². The van der Waals surface area contributed by atoms with Crippen LogP contribution in [0.5, 0.6) is 0 Å². The lowest BCUT2D eigenvalue weighted by molar-refractivity contribution is 0.601. The molecule has 98 valence electrons. The highest BCUT2D eigenvalue weighted by Gasteiger charge is 2.08. The molecule has 3 nitrogen and oxygen atoms in total. The highest BCUT2D eigenvalue weighted by molar-refractivity contribution is 5.90. The van der Waals surface area contributed by atoms with Gasteiger partial charge in [0.2, 0.25) is 0 Å². The first kappa shape index (κ1) is 12.2. The first-order chi connectivity index (χ1) is 9.69. The van der Waals surface area contributed by atoms with E-state index in [1.807, 2.05) is 41.1 Å². The van der Waals surface area contributed by atoms with Crippen LogP contribution in [0.15, 0.2) is 48.7 Å². The molecule has 0 fully saturated rings. The predicted octanol–water partition coefficient (Wildman–Crippen LogP) is 3.28. The second-order valence-electron chi connectivity index (χ2n) is 4.65. The normalized spacial score (nSPS) is 10.6. The van der Waals surface area contributed by atoms with Crippen LogP contribution in [0.25, 0.3) is 10.9 Å². The molecule has 0 amide bonds. The number of nitrogens with two attached hydrogens (primary N) is 1. The summed E-state index contributed by atoms with van der Waals surface area (Å²) >= 11 is 0. The Morgan fingerprint density at radius 2 is 2.05 bits per heavy atom. The van der Waals surface area contributed by atoms with Crippen LogP contribution in [0, 0.1) is 17.1 Å². The maximum atomic E-state index is 13.9. The van der Waals surface area contributed by atoms with Crippen LogP contribution in [0.4, 0.5) is 10.1 Å². The molecule has 0 aliphatic heterocycles. The molecule has 0 saturated carbocycles. The van der Waals surface area contributed by atoms with E-state index in [0.717, 1.165) is 10.9 Å². The van der Waals surface area contributed by atoms with Gasteiger partial charge in [-0.05, 0) is 24.3 Å². The van der Waals surface area contributed by atoms with Crippen LogP contribution in [-0.2, 0) is 6.54 Å². The largest absolute Gasteiger partial charge is 0.397 e. The van der Waals surface area contributed by atoms with Gasteiger partial charge in [0, 0.05) is 17.1 Å². The van der Waals surface area contributed by atoms with E-state index in [4.69, 9.17) is 11.0 Å². The summed E-state index contributed by atoms with van der Waals surface area (Å²) in [6, 6.07) is 14.1. The molecule has 0 radical (unpaired) electrons. The molecule has 2 aromatic carbocycles. The molecule has 0 atom stereocenters. The van der Waals surface area contributed by atoms with Crippen LogP contribution < -0.4 is 5.73 Å². The van der Waals surface area contributed by atoms with Gasteiger partial charge < -0.3 is 10.3 Å². The van der Waals surface area contributed by atoms with Crippen molar-refractivity contribution >= 4 is 16.6 Å². The van der Waals surface area contributed by atoms with E-state index in [0.29, 0.717) is 23.4 Å². The molecule has 0 bridgehead atoms. The van der Waals surface area contributed by atoms with Crippen LogP contribution in [0.2, 0.25) is 0 Å². The number of anilines is 1. The summed E-state index contributed by atoms with van der Waals surface area (Å²) in [6.07, 6.45) is 1.89. The average molecular weight is 265 g/mol. The Labute approximate surface area is 115 Å². The molecular formula is C16H12FN3. The van der Waals surface area contributed by atoms with Crippen LogP contribution in [0.1, 0.15) is 11.1 Å². The fraction of sp³-hybridized carbons (Fsp3) is 0.0625. The van der Waals surface area contributed by atoms with Crippen molar-refractivity contribution in [2.75, 3.05) is 5.73 Å². The summed E-state index contributed by atoms with van der Waals surface area (Å²) in [7, 11) is 0. The summed E-state index contributed by atoms with van der Waals surface area (Å²) in [5.74, 6) is -0.375. The number of para-hydroxylation sites is 1. The van der Waals surface area contributed by atoms with Crippen molar-refractivity contribution in [3.63, 3.8) is 0 Å². The van der Waals surface area contributed by atoms with Crippen molar-refractivity contribution in [2.45, 2.75) is 6.54 Å². The molecule has 2 N–H and O–H groups in total. The quantitative estimate of drug-likeness (QED) is 0.723. The minimum absolute atomic E-state index is 0.322. The van der Waals surface area contributed by atoms with E-state index < -0.39 is 0 Å². The van der Waals surface area contributed by atoms with Crippen molar-refractivity contribution in [1.82, 2.24) is 4.57 Å². The SMILES string of the molecule is N#Cc1ccc(Cn2ccc3cccc(N)c32)c(F)c1. The molecule has 3 rings (SSSR count). The second kappa shape index (κ2) is 4.71. The first-order valence-electron chi connectivity index (χ1n) is 6.21. The number of hydrogen-bond acceptors (Lipinski definition) is 2. The molecule has 0 saturated heterocycles. The summed E-state index contributed by atoms with van der Waals surface area (Å²) in [5.41, 5.74) is 8.40. The summed E-state index contributed by atoms with van der Waals surface area (Å²) in [4.78, 5) is 0. The van der Waals surface area contributed by atoms with Crippen LogP contribution >= 0.6 is 0 Å². The lowest BCUT2D eigenvalue weighted by atomic mass is 10.1. The first-order valence-corrected chi connectivity index (χ1v) is 6.21. The smallest absolute Gasteiger partial charge is 0.129 e. The lowest BCUT2D eigenvalue weighted by Crippen LogP contribution is -2.02. The van der Waals surface area contributed by atoms with Gasteiger partial charge in [-0.3, -0.25) is 0 Å². The monoisotopic (exact) mass is 265 g/mol. The van der Waals surface area contributed by atoms with Crippen molar-refractivity contribution in [3.8, 4) is 6.07 Å². The van der Waals surface area contributed by atoms with Gasteiger partial charge in [0.25, 0.3) is 0 Å². The number of halogens is 1. The highest BCUT2D eigenvalue weighted by atomic mass is 19.1. The zero-order valence-electron chi connectivity index (χ0n) is 10.7. The number of aromatic nitrogens is 1. The number of rotatable bonds is 2. The van der Waals surface area contributed by atoms with Crippen molar-refractivity contribution in [1.29, 1.82) is 5.26 Å². The van der Waals surface area contributed by atoms with E-state index in [2.05, 4.69) is 0 Å². The lowest BCUT2D eigenvalue weighted by Gasteiger charge is -2.08. The zero-order valence-corrected chi connectivity index (χ0v) is 10.7. The van der Waals surface area contributed by atoms with Crippen molar-refractivity contribution in [2.24, 2.45) is 0 Å². The molecule has 3 aromatic rings. The van der Waals surface area contributed by atoms with Gasteiger partial charge in [0.05, 0.1) is 29.4 Å². The van der Waals surface area contributed by atoms with E-state index in [1.54, 1.807) is 12.1 Å². The highest BCUT2D eigenvalue weighted by Crippen LogP contribution is 2.23. The molecule has 20 heavy (non-hydrogen) atoms. The fourth-order valence-corrected chi connectivity index (χ4v) is 2.35. The van der Waals surface area contributed by atoms with Gasteiger partial charge in [0.15, 0.2) is 0 Å². The molecule has 0 aliphatic carbocycles. The third-order valence-electron chi connectivity index (χ3n) is 3.34. The Morgan fingerprint density at radius 3 is 2.80 bits per heavy atom. The van der Waals surface area contributed by atoms with Gasteiger partial charge in [-0.2, -0.15) is 5.26 Å². The van der Waals surface area contributed by atoms with E-state index in [1.165, 1.54) is 6.07 Å². The molecule has 0 spiro atoms. The molecule has 4 heteroatoms. The van der Waals surface area contributed by atoms with Gasteiger partial charge in [0.1, 0.15) is 5.82 Å². The standard InChI is InChI=1S/C16H12FN3/c17-14-8-11(9-18)4-5-13(14)10-20-7-6-12-2-1-3-15(19)16(12)20/h1-8H,10,19H2. The van der Waals surface area contributed by atoms with Gasteiger partial charge in [-0.25, -0.2) is 4.39 Å². The third kappa shape index (κ3) is 1.99. The number of benzene rings is 2. The number of nitrogen functional groups attached to an aromatic ring is 1. The average Bonchev–Trinajstić information content (AvgIpc) is 2.85. The summed E-state index contributed by atoms with van der Waals surface area (Å²) in [5, 5.41) is 9.78. The number of nitrogens with zero attached hydrogens (tertiary/aromatic N) is 2. The Morgan fingerprint density at radius 1 is 1.20 bits per heavy atom. The maximum absolute atomic E-state index is 13.9. The molecule has 0 unspecified atom stereocenters. The number of nitriles is 1. The molecule has 1 heterocycles. The third-order valence-corrected chi connectivity index (χ3v) is 3.34. The Balaban J connectivity index is 2.04. The number of hydrogen-bond donors (Lipinski definition) is 1. The van der Waals surface area contributed by atoms with Gasteiger partial charge in [-0.1, -0.05) is 18.2 Å². The summed E-state index contributed by atoms with van der Waals surface area (Å²) in [6.45, 7) is 0.384. The Bertz CT molecular complexity index is 827. The van der Waals surface area contributed by atoms with Gasteiger partial charge >= 0.3 is 0 Å². The minimum atomic E-state index is -0.375. The predicted molar refractivity (Wildman–Crippen MR) is 76.6 cm³/mol. The summed E-state index contributed by atoms with van der Waals surface area (Å²) < 4.78 is 15.8. The Hall–Kier alpha value is -2.80. The molecular weight excluding hydrogens is 253 g/mol. The minimum Gasteiger partial charge on any atom is -0.397 e. The Kier molecular flexibility index (Phi) is 2.88.